The van der Waals surface area contributed by atoms with Gasteiger partial charge in [0.2, 0.25) is 5.91 Å². The Labute approximate surface area is 197 Å². The first-order valence-corrected chi connectivity index (χ1v) is 11.3. The van der Waals surface area contributed by atoms with Crippen LogP contribution in [0.2, 0.25) is 0 Å². The van der Waals surface area contributed by atoms with E-state index < -0.39 is 12.1 Å². The first-order chi connectivity index (χ1) is 16.4. The predicted octanol–water partition coefficient (Wildman–Crippen LogP) is 3.01. The minimum Gasteiger partial charge on any atom is -0.341 e. The number of halogens is 1. The van der Waals surface area contributed by atoms with Crippen LogP contribution in [0.15, 0.2) is 48.5 Å². The lowest BCUT2D eigenvalue weighted by molar-refractivity contribution is -0.134. The summed E-state index contributed by atoms with van der Waals surface area (Å²) in [6.45, 7) is 2.98. The average Bonchev–Trinajstić information content (AvgIpc) is 3.26. The Bertz CT molecular complexity index is 1150. The van der Waals surface area contributed by atoms with E-state index in [1.54, 1.807) is 49.0 Å². The lowest BCUT2D eigenvalue weighted by Crippen LogP contribution is -2.51. The van der Waals surface area contributed by atoms with Crippen molar-refractivity contribution >= 4 is 17.6 Å². The molecule has 1 aliphatic rings. The Morgan fingerprint density at radius 3 is 2.74 bits per heavy atom. The molecule has 2 N–H and O–H groups in total. The Kier molecular flexibility index (Phi) is 7.15. The smallest absolute Gasteiger partial charge is 0.319 e. The Hall–Kier alpha value is -3.82. The molecule has 1 fully saturated rings. The van der Waals surface area contributed by atoms with E-state index in [1.807, 2.05) is 11.0 Å². The number of urea groups is 1. The quantitative estimate of drug-likeness (QED) is 0.582. The number of anilines is 1. The third-order valence-electron chi connectivity index (χ3n) is 5.99. The van der Waals surface area contributed by atoms with Crippen LogP contribution in [-0.2, 0) is 18.3 Å². The molecule has 0 bridgehead atoms. The van der Waals surface area contributed by atoms with E-state index in [0.29, 0.717) is 30.5 Å². The second-order valence-corrected chi connectivity index (χ2v) is 8.65. The van der Waals surface area contributed by atoms with Crippen molar-refractivity contribution in [3.05, 3.63) is 59.9 Å². The van der Waals surface area contributed by atoms with Crippen LogP contribution < -0.4 is 10.6 Å². The summed E-state index contributed by atoms with van der Waals surface area (Å²) in [5.41, 5.74) is 2.38. The molecule has 0 saturated carbocycles. The Morgan fingerprint density at radius 1 is 1.21 bits per heavy atom. The van der Waals surface area contributed by atoms with Crippen molar-refractivity contribution in [3.63, 3.8) is 0 Å². The molecule has 2 aromatic carbocycles. The summed E-state index contributed by atoms with van der Waals surface area (Å²) in [5.74, 6) is 0.521. The normalized spacial score (nSPS) is 16.7. The molecule has 34 heavy (non-hydrogen) atoms. The summed E-state index contributed by atoms with van der Waals surface area (Å²) in [5, 5.41) is 16.9. The number of likely N-dealkylation sites (tertiary alicyclic amines) is 1. The highest BCUT2D eigenvalue weighted by atomic mass is 19.1. The lowest BCUT2D eigenvalue weighted by Gasteiger charge is -2.34. The summed E-state index contributed by atoms with van der Waals surface area (Å²) in [7, 11) is 1.74. The Morgan fingerprint density at radius 2 is 2.00 bits per heavy atom. The number of carbonyl (C=O) groups is 2. The summed E-state index contributed by atoms with van der Waals surface area (Å²) < 4.78 is 14.7. The summed E-state index contributed by atoms with van der Waals surface area (Å²) in [6.07, 6.45) is 2.71. The third kappa shape index (κ3) is 5.75. The number of aromatic nitrogens is 4. The molecule has 4 rings (SSSR count). The van der Waals surface area contributed by atoms with Crippen molar-refractivity contribution < 1.29 is 14.0 Å². The van der Waals surface area contributed by atoms with E-state index in [-0.39, 0.29) is 11.7 Å². The first kappa shape index (κ1) is 23.3. The molecule has 1 aliphatic heterocycles. The SMILES string of the molecule is CC(NC(=O)Nc1cccc(-c2nnnn2C)c1)C(=O)N1CCCC(Cc2ccc(F)cc2)C1. The number of amides is 3. The van der Waals surface area contributed by atoms with Gasteiger partial charge in [0.05, 0.1) is 0 Å². The van der Waals surface area contributed by atoms with E-state index in [1.165, 1.54) is 12.1 Å². The molecule has 9 nitrogen and oxygen atoms in total. The maximum absolute atomic E-state index is 13.2. The molecule has 1 aromatic heterocycles. The van der Waals surface area contributed by atoms with Crippen molar-refractivity contribution in [3.8, 4) is 11.4 Å². The van der Waals surface area contributed by atoms with Gasteiger partial charge in [0.1, 0.15) is 11.9 Å². The Balaban J connectivity index is 1.31. The molecule has 178 valence electrons. The number of aryl methyl sites for hydroxylation is 1. The van der Waals surface area contributed by atoms with Crippen LogP contribution in [0.4, 0.5) is 14.9 Å². The highest BCUT2D eigenvalue weighted by molar-refractivity contribution is 5.94. The molecular formula is C24H28FN7O2. The molecule has 3 amide bonds. The first-order valence-electron chi connectivity index (χ1n) is 11.3. The third-order valence-corrected chi connectivity index (χ3v) is 5.99. The zero-order valence-electron chi connectivity index (χ0n) is 19.2. The highest BCUT2D eigenvalue weighted by Gasteiger charge is 2.27. The number of hydrogen-bond acceptors (Lipinski definition) is 5. The van der Waals surface area contributed by atoms with Gasteiger partial charge in [0.25, 0.3) is 0 Å². The van der Waals surface area contributed by atoms with Crippen LogP contribution in [0.3, 0.4) is 0 Å². The molecule has 3 aromatic rings. The van der Waals surface area contributed by atoms with Crippen molar-refractivity contribution in [2.45, 2.75) is 32.2 Å². The fraction of sp³-hybridized carbons (Fsp3) is 0.375. The molecule has 2 atom stereocenters. The number of nitrogens with one attached hydrogen (secondary N) is 2. The van der Waals surface area contributed by atoms with Gasteiger partial charge in [-0.15, -0.1) is 5.10 Å². The van der Waals surface area contributed by atoms with Gasteiger partial charge in [0.15, 0.2) is 5.82 Å². The number of hydrogen-bond donors (Lipinski definition) is 2. The topological polar surface area (TPSA) is 105 Å². The lowest BCUT2D eigenvalue weighted by atomic mass is 9.91. The van der Waals surface area contributed by atoms with Crippen molar-refractivity contribution in [2.24, 2.45) is 13.0 Å². The largest absolute Gasteiger partial charge is 0.341 e. The zero-order chi connectivity index (χ0) is 24.1. The molecule has 1 saturated heterocycles. The highest BCUT2D eigenvalue weighted by Crippen LogP contribution is 2.22. The second kappa shape index (κ2) is 10.4. The fourth-order valence-corrected chi connectivity index (χ4v) is 4.30. The summed E-state index contributed by atoms with van der Waals surface area (Å²) >= 11 is 0. The molecular weight excluding hydrogens is 437 g/mol. The van der Waals surface area contributed by atoms with Gasteiger partial charge in [-0.3, -0.25) is 4.79 Å². The zero-order valence-corrected chi connectivity index (χ0v) is 19.2. The fourth-order valence-electron chi connectivity index (χ4n) is 4.30. The average molecular weight is 466 g/mol. The maximum Gasteiger partial charge on any atom is 0.319 e. The van der Waals surface area contributed by atoms with Gasteiger partial charge in [-0.05, 0) is 72.4 Å². The van der Waals surface area contributed by atoms with E-state index in [0.717, 1.165) is 30.4 Å². The molecule has 2 unspecified atom stereocenters. The van der Waals surface area contributed by atoms with Crippen molar-refractivity contribution in [1.29, 1.82) is 0 Å². The van der Waals surface area contributed by atoms with Gasteiger partial charge in [-0.1, -0.05) is 24.3 Å². The van der Waals surface area contributed by atoms with Crippen LogP contribution in [-0.4, -0.2) is 56.2 Å². The van der Waals surface area contributed by atoms with Crippen LogP contribution in [0.25, 0.3) is 11.4 Å². The number of rotatable bonds is 6. The van der Waals surface area contributed by atoms with Crippen LogP contribution in [0.5, 0.6) is 0 Å². The van der Waals surface area contributed by atoms with Crippen LogP contribution in [0.1, 0.15) is 25.3 Å². The minimum absolute atomic E-state index is 0.113. The van der Waals surface area contributed by atoms with Crippen molar-refractivity contribution in [1.82, 2.24) is 30.4 Å². The molecule has 0 aliphatic carbocycles. The monoisotopic (exact) mass is 465 g/mol. The van der Waals surface area contributed by atoms with Crippen molar-refractivity contribution in [2.75, 3.05) is 18.4 Å². The van der Waals surface area contributed by atoms with E-state index in [4.69, 9.17) is 0 Å². The van der Waals surface area contributed by atoms with Crippen LogP contribution in [0, 0.1) is 11.7 Å². The van der Waals surface area contributed by atoms with Gasteiger partial charge in [-0.2, -0.15) is 0 Å². The molecule has 0 radical (unpaired) electrons. The van der Waals surface area contributed by atoms with E-state index in [2.05, 4.69) is 26.2 Å². The van der Waals surface area contributed by atoms with E-state index in [9.17, 15) is 14.0 Å². The number of tetrazole rings is 1. The van der Waals surface area contributed by atoms with Gasteiger partial charge < -0.3 is 15.5 Å². The van der Waals surface area contributed by atoms with Crippen LogP contribution >= 0.6 is 0 Å². The van der Waals surface area contributed by atoms with Gasteiger partial charge >= 0.3 is 6.03 Å². The molecule has 0 spiro atoms. The van der Waals surface area contributed by atoms with Gasteiger partial charge in [0, 0.05) is 31.4 Å². The molecule has 2 heterocycles. The van der Waals surface area contributed by atoms with Gasteiger partial charge in [-0.25, -0.2) is 13.9 Å². The maximum atomic E-state index is 13.2. The molecule has 10 heteroatoms. The predicted molar refractivity (Wildman–Crippen MR) is 125 cm³/mol. The summed E-state index contributed by atoms with van der Waals surface area (Å²) in [4.78, 5) is 27.3. The standard InChI is InChI=1S/C24H28FN7O2/c1-16(23(33)32-12-4-5-18(15-32)13-17-8-10-20(25)11-9-17)26-24(34)27-21-7-3-6-19(14-21)22-28-29-30-31(22)2/h3,6-11,14,16,18H,4-5,12-13,15H2,1-2H3,(H2,26,27,34). The number of piperidine rings is 1. The number of nitrogens with zero attached hydrogens (tertiary/aromatic N) is 5. The van der Waals surface area contributed by atoms with E-state index >= 15 is 0 Å². The minimum atomic E-state index is -0.671. The number of carbonyl (C=O) groups excluding carboxylic acids is 2. The number of benzene rings is 2. The second-order valence-electron chi connectivity index (χ2n) is 8.65. The summed E-state index contributed by atoms with van der Waals surface area (Å²) in [6, 6.07) is 12.5.